The predicted octanol–water partition coefficient (Wildman–Crippen LogP) is 1.96. The van der Waals surface area contributed by atoms with E-state index in [2.05, 4.69) is 0 Å². The third kappa shape index (κ3) is 4.40. The van der Waals surface area contributed by atoms with E-state index in [0.717, 1.165) is 12.1 Å². The van der Waals surface area contributed by atoms with Gasteiger partial charge in [-0.1, -0.05) is 12.1 Å². The second-order valence-electron chi connectivity index (χ2n) is 7.10. The molecule has 2 aromatic carbocycles. The minimum absolute atomic E-state index is 0.109. The van der Waals surface area contributed by atoms with Crippen LogP contribution in [0.25, 0.3) is 11.0 Å². The molecule has 0 saturated carbocycles. The molecule has 154 valence electrons. The van der Waals surface area contributed by atoms with Gasteiger partial charge in [0.25, 0.3) is 0 Å². The van der Waals surface area contributed by atoms with E-state index in [4.69, 9.17) is 9.56 Å². The van der Waals surface area contributed by atoms with Crippen LogP contribution in [0.15, 0.2) is 62.7 Å². The highest BCUT2D eigenvalue weighted by Crippen LogP contribution is 2.29. The van der Waals surface area contributed by atoms with Gasteiger partial charge in [0.1, 0.15) is 27.6 Å². The van der Waals surface area contributed by atoms with Gasteiger partial charge in [0.2, 0.25) is 10.0 Å². The lowest BCUT2D eigenvalue weighted by Crippen LogP contribution is -2.21. The molecule has 0 aliphatic heterocycles. The molecular formula is C19H19NO7S2. The number of sulfonamides is 1. The predicted molar refractivity (Wildman–Crippen MR) is 106 cm³/mol. The van der Waals surface area contributed by atoms with Crippen molar-refractivity contribution in [3.8, 4) is 0 Å². The lowest BCUT2D eigenvalue weighted by molar-refractivity contribution is 0.0559. The van der Waals surface area contributed by atoms with Crippen molar-refractivity contribution in [3.63, 3.8) is 0 Å². The fraction of sp³-hybridized carbons (Fsp3) is 0.211. The molecule has 10 heteroatoms. The van der Waals surface area contributed by atoms with Crippen molar-refractivity contribution in [2.24, 2.45) is 5.14 Å². The van der Waals surface area contributed by atoms with E-state index in [-0.39, 0.29) is 5.56 Å². The zero-order valence-electron chi connectivity index (χ0n) is 15.6. The van der Waals surface area contributed by atoms with E-state index in [1.165, 1.54) is 30.3 Å². The standard InChI is InChI=1S/C19H19NO7S2/c1-19(2,22)18-10-13-9-12(7-8-15(13)27-18)14(21)11-28(23,24)16-5-3-4-6-17(16)29(20,25)26/h3-10,22H,11H2,1-2H3,(H2,20,25,26). The van der Waals surface area contributed by atoms with E-state index in [1.807, 2.05) is 0 Å². The van der Waals surface area contributed by atoms with Crippen molar-refractivity contribution < 1.29 is 31.2 Å². The Morgan fingerprint density at radius 2 is 1.66 bits per heavy atom. The first-order chi connectivity index (χ1) is 13.3. The summed E-state index contributed by atoms with van der Waals surface area (Å²) in [4.78, 5) is 11.5. The van der Waals surface area contributed by atoms with E-state index < -0.39 is 46.8 Å². The van der Waals surface area contributed by atoms with Gasteiger partial charge in [-0.2, -0.15) is 0 Å². The second kappa shape index (κ2) is 7.06. The van der Waals surface area contributed by atoms with Crippen molar-refractivity contribution in [2.45, 2.75) is 29.2 Å². The number of ketones is 1. The van der Waals surface area contributed by atoms with Crippen LogP contribution in [0.4, 0.5) is 0 Å². The molecule has 8 nitrogen and oxygen atoms in total. The smallest absolute Gasteiger partial charge is 0.239 e. The molecule has 0 unspecified atom stereocenters. The van der Waals surface area contributed by atoms with Gasteiger partial charge >= 0.3 is 0 Å². The summed E-state index contributed by atoms with van der Waals surface area (Å²) in [7, 11) is -8.55. The highest BCUT2D eigenvalue weighted by Gasteiger charge is 2.27. The molecule has 3 aromatic rings. The van der Waals surface area contributed by atoms with E-state index >= 15 is 0 Å². The summed E-state index contributed by atoms with van der Waals surface area (Å²) in [6.07, 6.45) is 0. The SMILES string of the molecule is CC(C)(O)c1cc2cc(C(=O)CS(=O)(=O)c3ccccc3S(N)(=O)=O)ccc2o1. The van der Waals surface area contributed by atoms with Gasteiger partial charge < -0.3 is 9.52 Å². The molecule has 0 atom stereocenters. The van der Waals surface area contributed by atoms with Crippen molar-refractivity contribution in [1.29, 1.82) is 0 Å². The molecule has 0 fully saturated rings. The quantitative estimate of drug-likeness (QED) is 0.561. The van der Waals surface area contributed by atoms with Crippen molar-refractivity contribution in [3.05, 3.63) is 59.9 Å². The largest absolute Gasteiger partial charge is 0.458 e. The summed E-state index contributed by atoms with van der Waals surface area (Å²) in [5.41, 5.74) is -0.678. The summed E-state index contributed by atoms with van der Waals surface area (Å²) < 4.78 is 54.3. The highest BCUT2D eigenvalue weighted by atomic mass is 32.2. The zero-order chi connectivity index (χ0) is 21.6. The lowest BCUT2D eigenvalue weighted by Gasteiger charge is -2.12. The first-order valence-corrected chi connectivity index (χ1v) is 11.6. The summed E-state index contributed by atoms with van der Waals surface area (Å²) in [5, 5.41) is 15.7. The molecule has 1 heterocycles. The lowest BCUT2D eigenvalue weighted by atomic mass is 10.1. The Hall–Kier alpha value is -2.53. The summed E-state index contributed by atoms with van der Waals surface area (Å²) in [6, 6.07) is 10.8. The molecule has 3 N–H and O–H groups in total. The third-order valence-electron chi connectivity index (χ3n) is 4.25. The van der Waals surface area contributed by atoms with Crippen LogP contribution >= 0.6 is 0 Å². The number of hydrogen-bond acceptors (Lipinski definition) is 7. The molecule has 1 aromatic heterocycles. The van der Waals surface area contributed by atoms with Gasteiger partial charge in [-0.25, -0.2) is 22.0 Å². The Kier molecular flexibility index (Phi) is 5.16. The number of sulfone groups is 1. The maximum absolute atomic E-state index is 12.7. The Bertz CT molecular complexity index is 1310. The number of primary sulfonamides is 1. The first kappa shape index (κ1) is 21.2. The number of Topliss-reactive ketones (excluding diaryl/α,β-unsaturated/α-hetero) is 1. The van der Waals surface area contributed by atoms with Gasteiger partial charge in [-0.15, -0.1) is 0 Å². The van der Waals surface area contributed by atoms with E-state index in [0.29, 0.717) is 16.7 Å². The molecule has 0 radical (unpaired) electrons. The molecule has 0 saturated heterocycles. The van der Waals surface area contributed by atoms with Crippen LogP contribution in [0.2, 0.25) is 0 Å². The van der Waals surface area contributed by atoms with E-state index in [1.54, 1.807) is 19.9 Å². The molecule has 0 amide bonds. The van der Waals surface area contributed by atoms with Crippen LogP contribution in [0, 0.1) is 0 Å². The molecule has 0 bridgehead atoms. The minimum Gasteiger partial charge on any atom is -0.458 e. The molecule has 3 rings (SSSR count). The van der Waals surface area contributed by atoms with Crippen LogP contribution in [0.1, 0.15) is 30.0 Å². The van der Waals surface area contributed by atoms with Crippen molar-refractivity contribution >= 4 is 36.6 Å². The first-order valence-electron chi connectivity index (χ1n) is 8.43. The number of aliphatic hydroxyl groups is 1. The maximum Gasteiger partial charge on any atom is 0.239 e. The number of hydrogen-bond donors (Lipinski definition) is 2. The Morgan fingerprint density at radius 1 is 1.03 bits per heavy atom. The molecular weight excluding hydrogens is 418 g/mol. The van der Waals surface area contributed by atoms with Gasteiger partial charge in [-0.3, -0.25) is 4.79 Å². The van der Waals surface area contributed by atoms with Crippen LogP contribution in [0.5, 0.6) is 0 Å². The Balaban J connectivity index is 1.96. The normalized spacial score (nSPS) is 13.0. The number of rotatable bonds is 6. The number of benzene rings is 2. The van der Waals surface area contributed by atoms with E-state index in [9.17, 15) is 26.7 Å². The number of nitrogens with two attached hydrogens (primary N) is 1. The molecule has 29 heavy (non-hydrogen) atoms. The Morgan fingerprint density at radius 3 is 2.24 bits per heavy atom. The zero-order valence-corrected chi connectivity index (χ0v) is 17.2. The summed E-state index contributed by atoms with van der Waals surface area (Å²) >= 11 is 0. The fourth-order valence-corrected chi connectivity index (χ4v) is 5.47. The third-order valence-corrected chi connectivity index (χ3v) is 7.02. The maximum atomic E-state index is 12.7. The van der Waals surface area contributed by atoms with Crippen LogP contribution in [-0.2, 0) is 25.5 Å². The van der Waals surface area contributed by atoms with Gasteiger partial charge in [0, 0.05) is 10.9 Å². The Labute approximate surface area is 167 Å². The van der Waals surface area contributed by atoms with Gasteiger partial charge in [0.05, 0.1) is 4.90 Å². The summed E-state index contributed by atoms with van der Waals surface area (Å²) in [5.74, 6) is -1.35. The minimum atomic E-state index is -4.28. The highest BCUT2D eigenvalue weighted by molar-refractivity contribution is 7.94. The van der Waals surface area contributed by atoms with Gasteiger partial charge in [0.15, 0.2) is 15.6 Å². The average molecular weight is 437 g/mol. The number of carbonyl (C=O) groups is 1. The molecule has 0 aliphatic carbocycles. The number of fused-ring (bicyclic) bond motifs is 1. The summed E-state index contributed by atoms with van der Waals surface area (Å²) in [6.45, 7) is 3.10. The number of carbonyl (C=O) groups excluding carboxylic acids is 1. The topological polar surface area (TPSA) is 145 Å². The fourth-order valence-electron chi connectivity index (χ4n) is 2.79. The second-order valence-corrected chi connectivity index (χ2v) is 10.6. The van der Waals surface area contributed by atoms with Crippen LogP contribution in [-0.4, -0.2) is 33.5 Å². The van der Waals surface area contributed by atoms with Crippen molar-refractivity contribution in [1.82, 2.24) is 0 Å². The molecule has 0 aliphatic rings. The average Bonchev–Trinajstić information content (AvgIpc) is 3.04. The number of furan rings is 1. The van der Waals surface area contributed by atoms with Crippen molar-refractivity contribution in [2.75, 3.05) is 5.75 Å². The van der Waals surface area contributed by atoms with Crippen LogP contribution in [0.3, 0.4) is 0 Å². The monoisotopic (exact) mass is 437 g/mol. The van der Waals surface area contributed by atoms with Gasteiger partial charge in [-0.05, 0) is 50.2 Å². The van der Waals surface area contributed by atoms with Crippen LogP contribution < -0.4 is 5.14 Å². The molecule has 0 spiro atoms.